The normalized spacial score (nSPS) is 11.9. The Morgan fingerprint density at radius 3 is 2.58 bits per heavy atom. The van der Waals surface area contributed by atoms with Crippen LogP contribution in [0.25, 0.3) is 10.8 Å². The second-order valence-electron chi connectivity index (χ2n) is 5.89. The molecule has 0 spiro atoms. The van der Waals surface area contributed by atoms with Crippen LogP contribution in [0, 0.1) is 5.41 Å². The molecule has 0 aliphatic rings. The lowest BCUT2D eigenvalue weighted by molar-refractivity contribution is 0.157. The summed E-state index contributed by atoms with van der Waals surface area (Å²) in [5.74, 6) is 0. The molecular weight excluding hydrogens is 234 g/mol. The minimum absolute atomic E-state index is 0.0429. The van der Waals surface area contributed by atoms with Crippen LogP contribution in [0.3, 0.4) is 0 Å². The molecule has 2 aromatic rings. The Morgan fingerprint density at radius 1 is 1.05 bits per heavy atom. The molecule has 2 nitrogen and oxygen atoms in total. The zero-order chi connectivity index (χ0) is 13.7. The third-order valence-corrected chi connectivity index (χ3v) is 3.48. The molecule has 0 fully saturated rings. The van der Waals surface area contributed by atoms with E-state index in [2.05, 4.69) is 61.6 Å². The summed E-state index contributed by atoms with van der Waals surface area (Å²) in [6, 6.07) is 15.0. The number of hydrogen-bond acceptors (Lipinski definition) is 2. The second-order valence-corrected chi connectivity index (χ2v) is 5.89. The fraction of sp³-hybridized carbons (Fsp3) is 0.412. The molecule has 0 saturated heterocycles. The second kappa shape index (κ2) is 6.18. The van der Waals surface area contributed by atoms with Crippen molar-refractivity contribution < 1.29 is 5.11 Å². The van der Waals surface area contributed by atoms with Crippen LogP contribution in [0.4, 0.5) is 0 Å². The highest BCUT2D eigenvalue weighted by Gasteiger charge is 2.15. The quantitative estimate of drug-likeness (QED) is 0.780. The molecule has 0 aliphatic carbocycles. The largest absolute Gasteiger partial charge is 0.396 e. The van der Waals surface area contributed by atoms with Crippen LogP contribution in [0.2, 0.25) is 0 Å². The molecule has 0 saturated carbocycles. The van der Waals surface area contributed by atoms with Crippen LogP contribution in [0.5, 0.6) is 0 Å². The van der Waals surface area contributed by atoms with Gasteiger partial charge in [-0.1, -0.05) is 56.3 Å². The predicted molar refractivity (Wildman–Crippen MR) is 81.4 cm³/mol. The minimum atomic E-state index is -0.0429. The van der Waals surface area contributed by atoms with E-state index in [1.165, 1.54) is 16.3 Å². The van der Waals surface area contributed by atoms with Crippen LogP contribution in [-0.4, -0.2) is 24.8 Å². The van der Waals surface area contributed by atoms with Crippen LogP contribution in [0.1, 0.15) is 19.4 Å². The molecule has 0 heterocycles. The minimum Gasteiger partial charge on any atom is -0.396 e. The maximum atomic E-state index is 9.21. The number of hydrogen-bond donors (Lipinski definition) is 2. The summed E-state index contributed by atoms with van der Waals surface area (Å²) in [6.07, 6.45) is 1.02. The Morgan fingerprint density at radius 2 is 1.79 bits per heavy atom. The van der Waals surface area contributed by atoms with Gasteiger partial charge in [-0.25, -0.2) is 0 Å². The Balaban J connectivity index is 1.95. The van der Waals surface area contributed by atoms with Crippen LogP contribution >= 0.6 is 0 Å². The third-order valence-electron chi connectivity index (χ3n) is 3.48. The Kier molecular flexibility index (Phi) is 4.56. The lowest BCUT2D eigenvalue weighted by Crippen LogP contribution is -2.33. The molecular formula is C17H23NO. The van der Waals surface area contributed by atoms with Gasteiger partial charge in [-0.2, -0.15) is 0 Å². The van der Waals surface area contributed by atoms with E-state index in [0.29, 0.717) is 0 Å². The smallest absolute Gasteiger partial charge is 0.0494 e. The van der Waals surface area contributed by atoms with Crippen molar-refractivity contribution in [2.24, 2.45) is 5.41 Å². The van der Waals surface area contributed by atoms with Gasteiger partial charge in [0.05, 0.1) is 0 Å². The maximum absolute atomic E-state index is 9.21. The summed E-state index contributed by atoms with van der Waals surface area (Å²) >= 11 is 0. The molecule has 2 heteroatoms. The number of fused-ring (bicyclic) bond motifs is 1. The molecule has 0 atom stereocenters. The van der Waals surface area contributed by atoms with Gasteiger partial charge in [0.15, 0.2) is 0 Å². The average molecular weight is 257 g/mol. The zero-order valence-corrected chi connectivity index (χ0v) is 11.8. The molecule has 102 valence electrons. The van der Waals surface area contributed by atoms with E-state index in [4.69, 9.17) is 0 Å². The first-order valence-electron chi connectivity index (χ1n) is 6.91. The molecule has 2 rings (SSSR count). The maximum Gasteiger partial charge on any atom is 0.0494 e. The Hall–Kier alpha value is -1.38. The highest BCUT2D eigenvalue weighted by molar-refractivity contribution is 5.85. The summed E-state index contributed by atoms with van der Waals surface area (Å²) in [7, 11) is 0. The van der Waals surface area contributed by atoms with Crippen molar-refractivity contribution in [3.63, 3.8) is 0 Å². The molecule has 0 aliphatic heterocycles. The third kappa shape index (κ3) is 3.79. The molecule has 0 radical (unpaired) electrons. The number of aliphatic hydroxyl groups is 1. The first kappa shape index (κ1) is 14.0. The van der Waals surface area contributed by atoms with Crippen molar-refractivity contribution >= 4 is 10.8 Å². The average Bonchev–Trinajstić information content (AvgIpc) is 2.44. The van der Waals surface area contributed by atoms with E-state index < -0.39 is 0 Å². The van der Waals surface area contributed by atoms with Gasteiger partial charge in [0.2, 0.25) is 0 Å². The van der Waals surface area contributed by atoms with E-state index in [9.17, 15) is 5.11 Å². The van der Waals surface area contributed by atoms with Crippen molar-refractivity contribution in [3.05, 3.63) is 48.0 Å². The number of aliphatic hydroxyl groups excluding tert-OH is 1. The van der Waals surface area contributed by atoms with E-state index in [1.54, 1.807) is 0 Å². The molecule has 2 aromatic carbocycles. The fourth-order valence-corrected chi connectivity index (χ4v) is 2.22. The van der Waals surface area contributed by atoms with Gasteiger partial charge >= 0.3 is 0 Å². The van der Waals surface area contributed by atoms with Crippen molar-refractivity contribution in [3.8, 4) is 0 Å². The molecule has 19 heavy (non-hydrogen) atoms. The van der Waals surface area contributed by atoms with Crippen molar-refractivity contribution in [2.75, 3.05) is 19.7 Å². The molecule has 2 N–H and O–H groups in total. The summed E-state index contributed by atoms with van der Waals surface area (Å²) in [4.78, 5) is 0. The van der Waals surface area contributed by atoms with E-state index in [1.807, 2.05) is 0 Å². The van der Waals surface area contributed by atoms with Crippen molar-refractivity contribution in [1.82, 2.24) is 5.32 Å². The Labute approximate surface area is 115 Å². The van der Waals surface area contributed by atoms with E-state index >= 15 is 0 Å². The zero-order valence-electron chi connectivity index (χ0n) is 11.8. The summed E-state index contributed by atoms with van der Waals surface area (Å²) in [5, 5.41) is 15.3. The Bertz CT molecular complexity index is 528. The topological polar surface area (TPSA) is 32.3 Å². The fourth-order valence-electron chi connectivity index (χ4n) is 2.22. The SMILES string of the molecule is CC(C)(CO)CNCCc1cccc2ccccc12. The highest BCUT2D eigenvalue weighted by atomic mass is 16.3. The van der Waals surface area contributed by atoms with Crippen molar-refractivity contribution in [1.29, 1.82) is 0 Å². The lowest BCUT2D eigenvalue weighted by atomic mass is 9.95. The monoisotopic (exact) mass is 257 g/mol. The van der Waals surface area contributed by atoms with Crippen molar-refractivity contribution in [2.45, 2.75) is 20.3 Å². The van der Waals surface area contributed by atoms with E-state index in [-0.39, 0.29) is 12.0 Å². The molecule has 0 bridgehead atoms. The van der Waals surface area contributed by atoms with Crippen LogP contribution < -0.4 is 5.32 Å². The highest BCUT2D eigenvalue weighted by Crippen LogP contribution is 2.18. The lowest BCUT2D eigenvalue weighted by Gasteiger charge is -2.22. The van der Waals surface area contributed by atoms with Gasteiger partial charge in [-0.3, -0.25) is 0 Å². The number of benzene rings is 2. The van der Waals surface area contributed by atoms with Gasteiger partial charge in [-0.15, -0.1) is 0 Å². The standard InChI is InChI=1S/C17H23NO/c1-17(2,13-19)12-18-11-10-15-8-5-7-14-6-3-4-9-16(14)15/h3-9,18-19H,10-13H2,1-2H3. The van der Waals surface area contributed by atoms with Gasteiger partial charge in [-0.05, 0) is 29.3 Å². The number of rotatable bonds is 6. The molecule has 0 amide bonds. The molecule has 0 unspecified atom stereocenters. The summed E-state index contributed by atoms with van der Waals surface area (Å²) < 4.78 is 0. The molecule has 0 aromatic heterocycles. The van der Waals surface area contributed by atoms with Crippen LogP contribution in [0.15, 0.2) is 42.5 Å². The van der Waals surface area contributed by atoms with Crippen LogP contribution in [-0.2, 0) is 6.42 Å². The van der Waals surface area contributed by atoms with Gasteiger partial charge < -0.3 is 10.4 Å². The first-order valence-corrected chi connectivity index (χ1v) is 6.91. The summed E-state index contributed by atoms with van der Waals surface area (Å²) in [5.41, 5.74) is 1.34. The number of nitrogens with one attached hydrogen (secondary N) is 1. The van der Waals surface area contributed by atoms with Gasteiger partial charge in [0.1, 0.15) is 0 Å². The summed E-state index contributed by atoms with van der Waals surface area (Å²) in [6.45, 7) is 6.13. The van der Waals surface area contributed by atoms with Gasteiger partial charge in [0.25, 0.3) is 0 Å². The first-order chi connectivity index (χ1) is 9.12. The van der Waals surface area contributed by atoms with Gasteiger partial charge in [0, 0.05) is 18.6 Å². The van der Waals surface area contributed by atoms with E-state index in [0.717, 1.165) is 19.5 Å². The predicted octanol–water partition coefficient (Wildman–Crippen LogP) is 2.99.